The fraction of sp³-hybridized carbons (Fsp3) is 0.333. The summed E-state index contributed by atoms with van der Waals surface area (Å²) < 4.78 is 23.9. The predicted octanol–water partition coefficient (Wildman–Crippen LogP) is 2.77. The molecule has 124 valence electrons. The van der Waals surface area contributed by atoms with E-state index in [-0.39, 0.29) is 12.4 Å². The van der Waals surface area contributed by atoms with Crippen LogP contribution < -0.4 is 10.6 Å². The van der Waals surface area contributed by atoms with E-state index in [1.54, 1.807) is 12.3 Å². The first-order valence-corrected chi connectivity index (χ1v) is 7.89. The van der Waals surface area contributed by atoms with Gasteiger partial charge >= 0.3 is 0 Å². The third kappa shape index (κ3) is 5.59. The van der Waals surface area contributed by atoms with E-state index in [2.05, 4.69) is 15.6 Å². The minimum Gasteiger partial charge on any atom is -0.359 e. The molecule has 1 amide bonds. The van der Waals surface area contributed by atoms with Crippen molar-refractivity contribution in [3.05, 3.63) is 41.2 Å². The highest BCUT2D eigenvalue weighted by atomic mass is 32.1. The number of carbonyl (C=O) groups excluding carboxylic acids is 1. The highest BCUT2D eigenvalue weighted by Crippen LogP contribution is 2.20. The zero-order chi connectivity index (χ0) is 16.5. The van der Waals surface area contributed by atoms with Crippen molar-refractivity contribution in [1.29, 1.82) is 0 Å². The quantitative estimate of drug-likeness (QED) is 0.543. The average Bonchev–Trinajstić information content (AvgIpc) is 3.03. The van der Waals surface area contributed by atoms with E-state index in [0.717, 1.165) is 0 Å². The predicted molar refractivity (Wildman–Crippen MR) is 86.6 cm³/mol. The molecule has 0 aliphatic rings. The Morgan fingerprint density at radius 1 is 1.43 bits per heavy atom. The van der Waals surface area contributed by atoms with Crippen molar-refractivity contribution in [2.75, 3.05) is 32.4 Å². The van der Waals surface area contributed by atoms with Gasteiger partial charge in [-0.05, 0) is 24.6 Å². The van der Waals surface area contributed by atoms with Gasteiger partial charge < -0.3 is 20.1 Å². The highest BCUT2D eigenvalue weighted by molar-refractivity contribution is 7.13. The molecule has 2 N–H and O–H groups in total. The van der Waals surface area contributed by atoms with Gasteiger partial charge in [-0.2, -0.15) is 0 Å². The molecule has 0 atom stereocenters. The summed E-state index contributed by atoms with van der Waals surface area (Å²) in [5.41, 5.74) is 0.550. The molecule has 0 saturated carbocycles. The zero-order valence-corrected chi connectivity index (χ0v) is 13.5. The zero-order valence-electron chi connectivity index (χ0n) is 12.7. The van der Waals surface area contributed by atoms with Crippen LogP contribution in [0, 0.1) is 5.82 Å². The summed E-state index contributed by atoms with van der Waals surface area (Å²) in [6.45, 7) is 1.09. The van der Waals surface area contributed by atoms with Crippen LogP contribution in [0.15, 0.2) is 29.8 Å². The van der Waals surface area contributed by atoms with Crippen molar-refractivity contribution in [3.8, 4) is 0 Å². The number of halogens is 1. The molecule has 23 heavy (non-hydrogen) atoms. The standard InChI is InChI=1S/C15H18FN3O3S/c1-21-10-22-7-2-5-17-14(20)12-4-3-11(9-13(12)16)19-15-18-6-8-23-15/h3-4,6,8-9H,2,5,7,10H2,1H3,(H,17,20)(H,18,19). The Labute approximate surface area is 137 Å². The van der Waals surface area contributed by atoms with Crippen LogP contribution in [0.1, 0.15) is 16.8 Å². The molecule has 0 fully saturated rings. The Bertz CT molecular complexity index is 622. The molecule has 2 aromatic rings. The molecule has 2 rings (SSSR count). The SMILES string of the molecule is COCOCCCNC(=O)c1ccc(Nc2nccs2)cc1F. The van der Waals surface area contributed by atoms with E-state index in [4.69, 9.17) is 9.47 Å². The average molecular weight is 339 g/mol. The van der Waals surface area contributed by atoms with Gasteiger partial charge in [0.05, 0.1) is 12.2 Å². The summed E-state index contributed by atoms with van der Waals surface area (Å²) in [6, 6.07) is 4.36. The van der Waals surface area contributed by atoms with E-state index in [1.165, 1.54) is 30.6 Å². The maximum Gasteiger partial charge on any atom is 0.254 e. The van der Waals surface area contributed by atoms with Gasteiger partial charge in [-0.25, -0.2) is 9.37 Å². The number of carbonyl (C=O) groups is 1. The lowest BCUT2D eigenvalue weighted by molar-refractivity contribution is -0.0308. The minimum absolute atomic E-state index is 0.00694. The van der Waals surface area contributed by atoms with Crippen molar-refractivity contribution in [2.45, 2.75) is 6.42 Å². The lowest BCUT2D eigenvalue weighted by Gasteiger charge is -2.08. The number of ether oxygens (including phenoxy) is 2. The van der Waals surface area contributed by atoms with Gasteiger partial charge in [0.25, 0.3) is 5.91 Å². The Hall–Kier alpha value is -2.03. The molecule has 0 unspecified atom stereocenters. The van der Waals surface area contributed by atoms with E-state index >= 15 is 0 Å². The highest BCUT2D eigenvalue weighted by Gasteiger charge is 2.12. The molecule has 0 aliphatic carbocycles. The van der Waals surface area contributed by atoms with Crippen LogP contribution in [-0.4, -0.2) is 37.9 Å². The van der Waals surface area contributed by atoms with E-state index in [1.807, 2.05) is 5.38 Å². The van der Waals surface area contributed by atoms with Crippen LogP contribution in [-0.2, 0) is 9.47 Å². The van der Waals surface area contributed by atoms with Crippen molar-refractivity contribution in [2.24, 2.45) is 0 Å². The Balaban J connectivity index is 1.83. The molecule has 1 aromatic carbocycles. The third-order valence-corrected chi connectivity index (χ3v) is 3.54. The number of aromatic nitrogens is 1. The van der Waals surface area contributed by atoms with Crippen LogP contribution >= 0.6 is 11.3 Å². The van der Waals surface area contributed by atoms with Crippen molar-refractivity contribution in [3.63, 3.8) is 0 Å². The van der Waals surface area contributed by atoms with Crippen LogP contribution in [0.3, 0.4) is 0 Å². The van der Waals surface area contributed by atoms with Crippen LogP contribution in [0.2, 0.25) is 0 Å². The van der Waals surface area contributed by atoms with Gasteiger partial charge in [0.15, 0.2) is 5.13 Å². The molecule has 0 aliphatic heterocycles. The van der Waals surface area contributed by atoms with Gasteiger partial charge in [-0.15, -0.1) is 11.3 Å². The second-order valence-corrected chi connectivity index (χ2v) is 5.48. The largest absolute Gasteiger partial charge is 0.359 e. The third-order valence-electron chi connectivity index (χ3n) is 2.85. The van der Waals surface area contributed by atoms with E-state index in [0.29, 0.717) is 30.4 Å². The molecule has 0 radical (unpaired) electrons. The molecule has 1 heterocycles. The summed E-state index contributed by atoms with van der Waals surface area (Å²) in [7, 11) is 1.54. The van der Waals surface area contributed by atoms with Crippen molar-refractivity contribution >= 4 is 28.1 Å². The number of benzene rings is 1. The van der Waals surface area contributed by atoms with E-state index in [9.17, 15) is 9.18 Å². The first-order chi connectivity index (χ1) is 11.2. The number of amides is 1. The van der Waals surface area contributed by atoms with Crippen LogP contribution in [0.4, 0.5) is 15.2 Å². The molecule has 8 heteroatoms. The Morgan fingerprint density at radius 2 is 2.30 bits per heavy atom. The monoisotopic (exact) mass is 339 g/mol. The first kappa shape index (κ1) is 17.3. The van der Waals surface area contributed by atoms with Crippen molar-refractivity contribution in [1.82, 2.24) is 10.3 Å². The normalized spacial score (nSPS) is 10.5. The van der Waals surface area contributed by atoms with Gasteiger partial charge in [0, 0.05) is 30.9 Å². The first-order valence-electron chi connectivity index (χ1n) is 7.01. The number of rotatable bonds is 9. The van der Waals surface area contributed by atoms with Crippen LogP contribution in [0.25, 0.3) is 0 Å². The number of nitrogens with zero attached hydrogens (tertiary/aromatic N) is 1. The maximum atomic E-state index is 14.0. The number of hydrogen-bond acceptors (Lipinski definition) is 6. The smallest absolute Gasteiger partial charge is 0.254 e. The lowest BCUT2D eigenvalue weighted by Crippen LogP contribution is -2.26. The van der Waals surface area contributed by atoms with Gasteiger partial charge in [-0.1, -0.05) is 0 Å². The molecule has 0 bridgehead atoms. The number of anilines is 2. The van der Waals surface area contributed by atoms with Gasteiger partial charge in [-0.3, -0.25) is 4.79 Å². The molecule has 1 aromatic heterocycles. The second-order valence-electron chi connectivity index (χ2n) is 4.58. The number of nitrogens with one attached hydrogen (secondary N) is 2. The summed E-state index contributed by atoms with van der Waals surface area (Å²) in [5, 5.41) is 8.10. The molecular weight excluding hydrogens is 321 g/mol. The Morgan fingerprint density at radius 3 is 3.00 bits per heavy atom. The molecule has 0 saturated heterocycles. The lowest BCUT2D eigenvalue weighted by atomic mass is 10.1. The molecule has 6 nitrogen and oxygen atoms in total. The fourth-order valence-electron chi connectivity index (χ4n) is 1.80. The summed E-state index contributed by atoms with van der Waals surface area (Å²) in [4.78, 5) is 16.0. The maximum absolute atomic E-state index is 14.0. The van der Waals surface area contributed by atoms with E-state index < -0.39 is 11.7 Å². The molecular formula is C15H18FN3O3S. The van der Waals surface area contributed by atoms with Gasteiger partial charge in [0.1, 0.15) is 12.6 Å². The number of thiazole rings is 1. The second kappa shape index (κ2) is 9.19. The fourth-order valence-corrected chi connectivity index (χ4v) is 2.35. The Kier molecular flexibility index (Phi) is 6.92. The summed E-state index contributed by atoms with van der Waals surface area (Å²) >= 11 is 1.41. The van der Waals surface area contributed by atoms with Crippen LogP contribution in [0.5, 0.6) is 0 Å². The van der Waals surface area contributed by atoms with Gasteiger partial charge in [0.2, 0.25) is 0 Å². The summed E-state index contributed by atoms with van der Waals surface area (Å²) in [6.07, 6.45) is 2.28. The number of hydrogen-bond donors (Lipinski definition) is 2. The topological polar surface area (TPSA) is 72.5 Å². The van der Waals surface area contributed by atoms with Crippen molar-refractivity contribution < 1.29 is 18.7 Å². The summed E-state index contributed by atoms with van der Waals surface area (Å²) in [5.74, 6) is -1.03. The number of methoxy groups -OCH3 is 1. The minimum atomic E-state index is -0.584. The molecule has 0 spiro atoms.